The van der Waals surface area contributed by atoms with Gasteiger partial charge < -0.3 is 24.2 Å². The first-order valence-corrected chi connectivity index (χ1v) is 31.7. The topological polar surface area (TPSA) is 155 Å². The number of carbonyl (C=O) groups is 3. The Morgan fingerprint density at radius 2 is 0.639 bits per heavy atom. The van der Waals surface area contributed by atoms with Crippen LogP contribution in [0.3, 0.4) is 0 Å². The van der Waals surface area contributed by atoms with E-state index in [4.69, 9.17) is 23.3 Å². The molecule has 0 amide bonds. The number of hydrogen-bond acceptors (Lipinski definition) is 10. The second-order valence-electron chi connectivity index (χ2n) is 20.5. The molecule has 72 heavy (non-hydrogen) atoms. The van der Waals surface area contributed by atoms with Crippen LogP contribution in [0.1, 0.15) is 303 Å². The highest BCUT2D eigenvalue weighted by Gasteiger charge is 2.28. The number of hydrogen-bond donors (Lipinski definition) is 2. The molecule has 0 spiro atoms. The van der Waals surface area contributed by atoms with E-state index < -0.39 is 57.8 Å². The smallest absolute Gasteiger partial charge is 0.462 e. The molecule has 0 aromatic heterocycles. The van der Waals surface area contributed by atoms with E-state index in [0.29, 0.717) is 19.3 Å². The number of ether oxygens (including phenoxy) is 3. The fourth-order valence-corrected chi connectivity index (χ4v) is 9.48. The first-order chi connectivity index (χ1) is 35.2. The van der Waals surface area contributed by atoms with Crippen molar-refractivity contribution in [3.05, 3.63) is 24.3 Å². The average Bonchev–Trinajstić information content (AvgIpc) is 3.37. The second kappa shape index (κ2) is 55.2. The van der Waals surface area contributed by atoms with Crippen molar-refractivity contribution in [2.75, 3.05) is 26.4 Å². The number of phosphoric ester groups is 1. The lowest BCUT2D eigenvalue weighted by Gasteiger charge is -2.21. The highest BCUT2D eigenvalue weighted by atomic mass is 31.2. The third-order valence-electron chi connectivity index (χ3n) is 13.3. The van der Waals surface area contributed by atoms with Gasteiger partial charge in [-0.25, -0.2) is 4.57 Å². The van der Waals surface area contributed by atoms with E-state index in [0.717, 1.165) is 77.0 Å². The van der Waals surface area contributed by atoms with Crippen LogP contribution in [0.4, 0.5) is 0 Å². The Bertz CT molecular complexity index is 1310. The summed E-state index contributed by atoms with van der Waals surface area (Å²) in [6.45, 7) is 4.67. The number of allylic oxidation sites excluding steroid dienone is 4. The third-order valence-corrected chi connectivity index (χ3v) is 14.3. The third kappa shape index (κ3) is 52.8. The normalized spacial score (nSPS) is 13.5. The Morgan fingerprint density at radius 3 is 0.958 bits per heavy atom. The van der Waals surface area contributed by atoms with Crippen molar-refractivity contribution >= 4 is 25.7 Å². The Hall–Kier alpha value is -2.04. The van der Waals surface area contributed by atoms with Crippen molar-refractivity contribution in [3.8, 4) is 0 Å². The van der Waals surface area contributed by atoms with Gasteiger partial charge in [-0.3, -0.25) is 23.4 Å². The van der Waals surface area contributed by atoms with Gasteiger partial charge in [0.15, 0.2) is 6.10 Å². The second-order valence-corrected chi connectivity index (χ2v) is 22.0. The van der Waals surface area contributed by atoms with Crippen LogP contribution in [-0.4, -0.2) is 66.5 Å². The van der Waals surface area contributed by atoms with Gasteiger partial charge >= 0.3 is 25.7 Å². The number of phosphoric acid groups is 1. The zero-order chi connectivity index (χ0) is 52.7. The van der Waals surface area contributed by atoms with Gasteiger partial charge in [-0.05, 0) is 70.6 Å². The van der Waals surface area contributed by atoms with Crippen molar-refractivity contribution in [1.82, 2.24) is 0 Å². The van der Waals surface area contributed by atoms with Crippen LogP contribution < -0.4 is 0 Å². The monoisotopic (exact) mass is 1040 g/mol. The lowest BCUT2D eigenvalue weighted by molar-refractivity contribution is -0.161. The summed E-state index contributed by atoms with van der Waals surface area (Å²) >= 11 is 0. The summed E-state index contributed by atoms with van der Waals surface area (Å²) in [4.78, 5) is 48.5. The minimum absolute atomic E-state index is 0.170. The summed E-state index contributed by atoms with van der Waals surface area (Å²) in [5.74, 6) is -1.45. The average molecular weight is 1040 g/mol. The van der Waals surface area contributed by atoms with Gasteiger partial charge in [0.05, 0.1) is 19.8 Å². The highest BCUT2D eigenvalue weighted by Crippen LogP contribution is 2.43. The number of unbranched alkanes of at least 4 members (excludes halogenated alkanes) is 36. The molecule has 3 unspecified atom stereocenters. The lowest BCUT2D eigenvalue weighted by Crippen LogP contribution is -2.30. The van der Waals surface area contributed by atoms with Crippen molar-refractivity contribution < 1.29 is 52.2 Å². The minimum atomic E-state index is -4.74. The van der Waals surface area contributed by atoms with Crippen LogP contribution in [0.2, 0.25) is 0 Å². The van der Waals surface area contributed by atoms with E-state index >= 15 is 0 Å². The maximum atomic E-state index is 12.9. The molecule has 0 aliphatic carbocycles. The molecule has 11 nitrogen and oxygen atoms in total. The van der Waals surface area contributed by atoms with Gasteiger partial charge in [0.25, 0.3) is 0 Å². The van der Waals surface area contributed by atoms with Gasteiger partial charge in [0.2, 0.25) is 0 Å². The fraction of sp³-hybridized carbons (Fsp3) is 0.883. The van der Waals surface area contributed by atoms with Gasteiger partial charge in [-0.15, -0.1) is 0 Å². The number of rotatable bonds is 57. The molecule has 0 aliphatic heterocycles. The summed E-state index contributed by atoms with van der Waals surface area (Å²) in [6, 6.07) is 0. The zero-order valence-corrected chi connectivity index (χ0v) is 47.8. The Morgan fingerprint density at radius 1 is 0.375 bits per heavy atom. The fourth-order valence-electron chi connectivity index (χ4n) is 8.70. The number of aliphatic hydroxyl groups is 1. The number of carbonyl (C=O) groups excluding carboxylic acids is 3. The van der Waals surface area contributed by atoms with Crippen molar-refractivity contribution in [1.29, 1.82) is 0 Å². The molecule has 0 saturated heterocycles. The minimum Gasteiger partial charge on any atom is -0.462 e. The first kappa shape index (κ1) is 70.0. The molecule has 0 aromatic rings. The van der Waals surface area contributed by atoms with E-state index in [1.54, 1.807) is 0 Å². The summed E-state index contributed by atoms with van der Waals surface area (Å²) in [5, 5.41) is 9.82. The van der Waals surface area contributed by atoms with E-state index in [1.807, 2.05) is 0 Å². The van der Waals surface area contributed by atoms with Crippen molar-refractivity contribution in [3.63, 3.8) is 0 Å². The molecule has 0 aromatic carbocycles. The maximum Gasteiger partial charge on any atom is 0.472 e. The number of esters is 3. The van der Waals surface area contributed by atoms with Crippen LogP contribution in [0, 0.1) is 0 Å². The molecule has 0 aliphatic rings. The summed E-state index contributed by atoms with van der Waals surface area (Å²) in [5.41, 5.74) is 0. The summed E-state index contributed by atoms with van der Waals surface area (Å²) in [7, 11) is -4.74. The van der Waals surface area contributed by atoms with Gasteiger partial charge in [0.1, 0.15) is 12.7 Å². The molecular formula is C60H113O11P. The molecule has 424 valence electrons. The molecular weight excluding hydrogens is 928 g/mol. The molecule has 0 fully saturated rings. The molecule has 0 saturated carbocycles. The summed E-state index contributed by atoms with van der Waals surface area (Å²) in [6.07, 6.45) is 55.6. The lowest BCUT2D eigenvalue weighted by atomic mass is 10.1. The largest absolute Gasteiger partial charge is 0.472 e. The predicted octanol–water partition coefficient (Wildman–Crippen LogP) is 17.8. The van der Waals surface area contributed by atoms with Crippen LogP contribution in [-0.2, 0) is 42.2 Å². The molecule has 0 rings (SSSR count). The van der Waals surface area contributed by atoms with E-state index in [9.17, 15) is 28.9 Å². The van der Waals surface area contributed by atoms with Crippen LogP contribution in [0.25, 0.3) is 0 Å². The SMILES string of the molecule is CCCCCCCC/C=C\CCCCCCCCCCCC(=O)OC(COC(=O)CCCCCCCCCCCCC)COP(=O)(O)OCC(CO)OC(=O)CCCCCCC/C=C\CCCCCCCC. The zero-order valence-electron chi connectivity index (χ0n) is 46.9. The Balaban J connectivity index is 4.64. The molecule has 0 bridgehead atoms. The van der Waals surface area contributed by atoms with Crippen molar-refractivity contribution in [2.45, 2.75) is 315 Å². The van der Waals surface area contributed by atoms with Crippen molar-refractivity contribution in [2.24, 2.45) is 0 Å². The standard InChI is InChI=1S/C60H113O11P/c1-4-7-10-13-16-19-22-24-26-27-28-29-31-33-36-39-42-45-48-51-60(64)71-57(53-67-58(62)49-46-43-40-37-34-21-18-15-12-9-6-3)55-69-72(65,66)68-54-56(52-61)70-59(63)50-47-44-41-38-35-32-30-25-23-20-17-14-11-8-5-2/h24-26,30,56-57,61H,4-23,27-29,31-55H2,1-3H3,(H,65,66)/b26-24-,30-25-. The van der Waals surface area contributed by atoms with Crippen LogP contribution in [0.5, 0.6) is 0 Å². The maximum absolute atomic E-state index is 12.9. The predicted molar refractivity (Wildman–Crippen MR) is 298 cm³/mol. The molecule has 2 N–H and O–H groups in total. The quantitative estimate of drug-likeness (QED) is 0.0197. The van der Waals surface area contributed by atoms with Crippen LogP contribution >= 0.6 is 7.82 Å². The highest BCUT2D eigenvalue weighted by molar-refractivity contribution is 7.47. The van der Waals surface area contributed by atoms with Gasteiger partial charge in [0, 0.05) is 19.3 Å². The molecule has 12 heteroatoms. The first-order valence-electron chi connectivity index (χ1n) is 30.2. The Labute approximate surface area is 442 Å². The van der Waals surface area contributed by atoms with Gasteiger partial charge in [-0.2, -0.15) is 0 Å². The van der Waals surface area contributed by atoms with E-state index in [-0.39, 0.29) is 25.9 Å². The number of aliphatic hydroxyl groups excluding tert-OH is 1. The van der Waals surface area contributed by atoms with E-state index in [1.165, 1.54) is 167 Å². The Kier molecular flexibility index (Phi) is 53.6. The molecule has 3 atom stereocenters. The molecule has 0 heterocycles. The summed E-state index contributed by atoms with van der Waals surface area (Å²) < 4.78 is 39.5. The van der Waals surface area contributed by atoms with Gasteiger partial charge in [-0.1, -0.05) is 238 Å². The van der Waals surface area contributed by atoms with E-state index in [2.05, 4.69) is 45.1 Å². The van der Waals surface area contributed by atoms with Crippen LogP contribution in [0.15, 0.2) is 24.3 Å². The molecule has 0 radical (unpaired) electrons.